The fourth-order valence-electron chi connectivity index (χ4n) is 1.84. The largest absolute Gasteiger partial charge is 0.353 e. The van der Waals surface area contributed by atoms with Gasteiger partial charge in [0.15, 0.2) is 5.96 Å². The van der Waals surface area contributed by atoms with Crippen molar-refractivity contribution in [2.24, 2.45) is 4.99 Å². The van der Waals surface area contributed by atoms with E-state index in [0.29, 0.717) is 18.1 Å². The molecule has 0 spiro atoms. The molecule has 0 saturated heterocycles. The number of carbonyl (C=O) groups is 1. The highest BCUT2D eigenvalue weighted by molar-refractivity contribution is 14.0. The molecule has 0 aliphatic carbocycles. The van der Waals surface area contributed by atoms with Gasteiger partial charge in [-0.2, -0.15) is 0 Å². The molecule has 5 nitrogen and oxygen atoms in total. The van der Waals surface area contributed by atoms with E-state index < -0.39 is 0 Å². The van der Waals surface area contributed by atoms with Crippen molar-refractivity contribution in [3.63, 3.8) is 0 Å². The van der Waals surface area contributed by atoms with E-state index in [1.54, 1.807) is 27.1 Å². The van der Waals surface area contributed by atoms with Gasteiger partial charge in [0.25, 0.3) is 0 Å². The maximum Gasteiger partial charge on any atom is 0.243 e. The number of benzene rings is 1. The highest BCUT2D eigenvalue weighted by Gasteiger charge is 2.11. The van der Waals surface area contributed by atoms with Crippen molar-refractivity contribution in [3.05, 3.63) is 47.3 Å². The molecule has 0 fully saturated rings. The quantitative estimate of drug-likeness (QED) is 0.296. The minimum absolute atomic E-state index is 0. The summed E-state index contributed by atoms with van der Waals surface area (Å²) in [4.78, 5) is 17.5. The second kappa shape index (κ2) is 11.1. The molecular formula is C18H28FIN4O. The molecule has 7 heteroatoms. The van der Waals surface area contributed by atoms with Crippen LogP contribution in [-0.4, -0.2) is 44.0 Å². The second-order valence-corrected chi connectivity index (χ2v) is 6.14. The summed E-state index contributed by atoms with van der Waals surface area (Å²) >= 11 is 0. The van der Waals surface area contributed by atoms with Crippen LogP contribution in [0.25, 0.3) is 0 Å². The van der Waals surface area contributed by atoms with Gasteiger partial charge in [-0.15, -0.1) is 24.0 Å². The van der Waals surface area contributed by atoms with Gasteiger partial charge < -0.3 is 15.5 Å². The lowest BCUT2D eigenvalue weighted by Gasteiger charge is -2.19. The summed E-state index contributed by atoms with van der Waals surface area (Å²) in [5.74, 6) is 0.152. The first-order valence-corrected chi connectivity index (χ1v) is 7.86. The monoisotopic (exact) mass is 462 g/mol. The Morgan fingerprint density at radius 3 is 2.56 bits per heavy atom. The third-order valence-corrected chi connectivity index (χ3v) is 3.48. The Morgan fingerprint density at radius 1 is 1.40 bits per heavy atom. The Hall–Kier alpha value is -1.64. The minimum Gasteiger partial charge on any atom is -0.353 e. The fourth-order valence-corrected chi connectivity index (χ4v) is 1.84. The van der Waals surface area contributed by atoms with Gasteiger partial charge in [0.1, 0.15) is 12.4 Å². The van der Waals surface area contributed by atoms with Crippen molar-refractivity contribution in [1.82, 2.24) is 15.5 Å². The summed E-state index contributed by atoms with van der Waals surface area (Å²) in [5.41, 5.74) is 2.36. The smallest absolute Gasteiger partial charge is 0.243 e. The predicted octanol–water partition coefficient (Wildman–Crippen LogP) is 3.01. The molecule has 1 rings (SSSR count). The molecule has 0 heterocycles. The summed E-state index contributed by atoms with van der Waals surface area (Å²) in [6.45, 7) is 9.95. The number of carbonyl (C=O) groups excluding carboxylic acids is 1. The number of nitrogens with zero attached hydrogens (tertiary/aromatic N) is 2. The first-order chi connectivity index (χ1) is 11.2. The van der Waals surface area contributed by atoms with Gasteiger partial charge in [-0.3, -0.25) is 4.79 Å². The zero-order valence-electron chi connectivity index (χ0n) is 15.5. The number of hydrogen-bond donors (Lipinski definition) is 2. The van der Waals surface area contributed by atoms with Crippen molar-refractivity contribution in [2.45, 2.75) is 26.8 Å². The molecule has 1 aromatic carbocycles. The van der Waals surface area contributed by atoms with Crippen LogP contribution in [0.2, 0.25) is 0 Å². The van der Waals surface area contributed by atoms with Crippen molar-refractivity contribution in [2.75, 3.05) is 27.2 Å². The first-order valence-electron chi connectivity index (χ1n) is 7.86. The minimum atomic E-state index is -0.239. The van der Waals surface area contributed by atoms with E-state index >= 15 is 0 Å². The van der Waals surface area contributed by atoms with Crippen molar-refractivity contribution < 1.29 is 9.18 Å². The van der Waals surface area contributed by atoms with Crippen LogP contribution in [-0.2, 0) is 4.79 Å². The molecule has 2 N–H and O–H groups in total. The molecule has 0 aliphatic rings. The fraction of sp³-hybridized carbons (Fsp3) is 0.444. The predicted molar refractivity (Wildman–Crippen MR) is 112 cm³/mol. The number of rotatable bonds is 6. The number of guanidine groups is 1. The normalized spacial score (nSPS) is 12.0. The summed E-state index contributed by atoms with van der Waals surface area (Å²) in [6.07, 6.45) is 0. The zero-order chi connectivity index (χ0) is 18.3. The number of amides is 1. The van der Waals surface area contributed by atoms with Gasteiger partial charge in [0.2, 0.25) is 5.91 Å². The highest BCUT2D eigenvalue weighted by atomic mass is 127. The molecule has 0 bridgehead atoms. The third kappa shape index (κ3) is 8.33. The number of nitrogens with one attached hydrogen (secondary N) is 2. The van der Waals surface area contributed by atoms with Crippen molar-refractivity contribution in [1.29, 1.82) is 0 Å². The zero-order valence-corrected chi connectivity index (χ0v) is 17.8. The lowest BCUT2D eigenvalue weighted by atomic mass is 10.1. The number of likely N-dealkylation sites (N-methyl/N-ethyl adjacent to an activating group) is 1. The van der Waals surface area contributed by atoms with Gasteiger partial charge in [-0.05, 0) is 38.0 Å². The Kier molecular flexibility index (Phi) is 10.3. The van der Waals surface area contributed by atoms with E-state index in [0.717, 1.165) is 11.1 Å². The van der Waals surface area contributed by atoms with Crippen molar-refractivity contribution in [3.8, 4) is 0 Å². The number of aryl methyl sites for hydroxylation is 1. The van der Waals surface area contributed by atoms with Gasteiger partial charge >= 0.3 is 0 Å². The van der Waals surface area contributed by atoms with E-state index in [1.807, 2.05) is 19.9 Å². The Balaban J connectivity index is 0.00000576. The molecule has 1 amide bonds. The molecule has 140 valence electrons. The molecule has 0 aliphatic heterocycles. The Bertz CT molecular complexity index is 632. The average molecular weight is 462 g/mol. The number of aliphatic imine (C=N–C) groups is 1. The van der Waals surface area contributed by atoms with Crippen LogP contribution < -0.4 is 10.6 Å². The van der Waals surface area contributed by atoms with Crippen LogP contribution >= 0.6 is 24.0 Å². The van der Waals surface area contributed by atoms with E-state index in [2.05, 4.69) is 22.2 Å². The SMILES string of the molecule is C=C(C)CNC(=NCC(=O)N(C)C)NC(C)c1ccc(C)c(F)c1.I. The maximum atomic E-state index is 13.7. The number of hydrogen-bond acceptors (Lipinski definition) is 2. The molecule has 0 aromatic heterocycles. The molecule has 0 radical (unpaired) electrons. The Morgan fingerprint density at radius 2 is 2.04 bits per heavy atom. The van der Waals surface area contributed by atoms with Crippen LogP contribution in [0.3, 0.4) is 0 Å². The molecule has 1 unspecified atom stereocenters. The van der Waals surface area contributed by atoms with E-state index in [-0.39, 0.29) is 48.3 Å². The standard InChI is InChI=1S/C18H27FN4O.HI/c1-12(2)10-20-18(21-11-17(24)23(5)6)22-14(4)15-8-7-13(3)16(19)9-15;/h7-9,14H,1,10-11H2,2-6H3,(H2,20,21,22);1H. The summed E-state index contributed by atoms with van der Waals surface area (Å²) < 4.78 is 13.7. The highest BCUT2D eigenvalue weighted by Crippen LogP contribution is 2.16. The van der Waals surface area contributed by atoms with Gasteiger partial charge in [0.05, 0.1) is 6.04 Å². The lowest BCUT2D eigenvalue weighted by molar-refractivity contribution is -0.127. The van der Waals surface area contributed by atoms with Crippen molar-refractivity contribution >= 4 is 35.8 Å². The molecule has 25 heavy (non-hydrogen) atoms. The third-order valence-electron chi connectivity index (χ3n) is 3.48. The molecule has 1 atom stereocenters. The van der Waals surface area contributed by atoms with E-state index in [1.165, 1.54) is 11.0 Å². The molecular weight excluding hydrogens is 434 g/mol. The van der Waals surface area contributed by atoms with Crippen LogP contribution in [0.15, 0.2) is 35.3 Å². The van der Waals surface area contributed by atoms with Crippen LogP contribution in [0, 0.1) is 12.7 Å². The molecule has 1 aromatic rings. The number of halogens is 2. The van der Waals surface area contributed by atoms with E-state index in [9.17, 15) is 9.18 Å². The first kappa shape index (κ1) is 23.4. The van der Waals surface area contributed by atoms with Gasteiger partial charge in [-0.25, -0.2) is 9.38 Å². The van der Waals surface area contributed by atoms with Crippen LogP contribution in [0.4, 0.5) is 4.39 Å². The van der Waals surface area contributed by atoms with E-state index in [4.69, 9.17) is 0 Å². The maximum absolute atomic E-state index is 13.7. The van der Waals surface area contributed by atoms with Gasteiger partial charge in [-0.1, -0.05) is 24.3 Å². The second-order valence-electron chi connectivity index (χ2n) is 6.14. The van der Waals surface area contributed by atoms with Gasteiger partial charge in [0, 0.05) is 20.6 Å². The van der Waals surface area contributed by atoms with Crippen LogP contribution in [0.5, 0.6) is 0 Å². The average Bonchev–Trinajstić information content (AvgIpc) is 2.51. The van der Waals surface area contributed by atoms with Crippen LogP contribution in [0.1, 0.15) is 31.0 Å². The molecule has 0 saturated carbocycles. The summed E-state index contributed by atoms with van der Waals surface area (Å²) in [6, 6.07) is 4.97. The topological polar surface area (TPSA) is 56.7 Å². The Labute approximate surface area is 166 Å². The lowest BCUT2D eigenvalue weighted by Crippen LogP contribution is -2.40. The summed E-state index contributed by atoms with van der Waals surface area (Å²) in [5, 5.41) is 6.30. The summed E-state index contributed by atoms with van der Waals surface area (Å²) in [7, 11) is 3.37.